The number of carbonyl (C=O) groups is 1. The molecule has 76 valence electrons. The molecule has 2 rings (SSSR count). The third-order valence-electron chi connectivity index (χ3n) is 1.36. The molecule has 2 atom stereocenters. The minimum atomic E-state index is -2.11. The molecule has 0 amide bonds. The molecule has 5 nitrogen and oxygen atoms in total. The van der Waals surface area contributed by atoms with Crippen LogP contribution in [0.1, 0.15) is 9.67 Å². The first-order valence-electron chi connectivity index (χ1n) is 5.07. The molecule has 0 spiro atoms. The van der Waals surface area contributed by atoms with E-state index in [1.165, 1.54) is 0 Å². The van der Waals surface area contributed by atoms with E-state index in [4.69, 9.17) is 7.85 Å². The van der Waals surface area contributed by atoms with Crippen molar-refractivity contribution in [2.45, 2.75) is 19.1 Å². The Balaban J connectivity index is 0.000000151. The van der Waals surface area contributed by atoms with Gasteiger partial charge in [0, 0.05) is 0 Å². The molecule has 5 heteroatoms. The molecule has 0 aromatic carbocycles. The summed E-state index contributed by atoms with van der Waals surface area (Å²) in [4.78, 5) is 10.5. The van der Waals surface area contributed by atoms with E-state index in [0.29, 0.717) is 19.8 Å². The molecule has 2 saturated heterocycles. The minimum absolute atomic E-state index is 0.229. The van der Waals surface area contributed by atoms with Crippen LogP contribution in [0, 0.1) is 0 Å². The third-order valence-corrected chi connectivity index (χ3v) is 1.36. The van der Waals surface area contributed by atoms with Crippen molar-refractivity contribution < 1.29 is 26.9 Å². The number of esters is 1. The van der Waals surface area contributed by atoms with Crippen molar-refractivity contribution in [2.75, 3.05) is 26.4 Å². The number of hydrogen-bond acceptors (Lipinski definition) is 5. The molecule has 0 aromatic heterocycles. The number of epoxide rings is 2. The summed E-state index contributed by atoms with van der Waals surface area (Å²) in [5, 5.41) is 8.37. The van der Waals surface area contributed by atoms with Gasteiger partial charge in [0.15, 0.2) is 6.10 Å². The van der Waals surface area contributed by atoms with Gasteiger partial charge in [-0.05, 0) is 6.92 Å². The normalized spacial score (nSPS) is 31.8. The van der Waals surface area contributed by atoms with Crippen LogP contribution in [0.25, 0.3) is 0 Å². The van der Waals surface area contributed by atoms with E-state index in [-0.39, 0.29) is 12.1 Å². The lowest BCUT2D eigenvalue weighted by Gasteiger charge is -1.93. The monoisotopic (exact) mass is 192 g/mol. The second kappa shape index (κ2) is 5.16. The summed E-state index contributed by atoms with van der Waals surface area (Å²) in [6, 6.07) is 0. The van der Waals surface area contributed by atoms with Crippen LogP contribution >= 0.6 is 0 Å². The average Bonchev–Trinajstić information content (AvgIpc) is 2.98. The van der Waals surface area contributed by atoms with Gasteiger partial charge in [0.1, 0.15) is 6.10 Å². The van der Waals surface area contributed by atoms with E-state index in [0.717, 1.165) is 0 Å². The van der Waals surface area contributed by atoms with Crippen LogP contribution in [0.15, 0.2) is 0 Å². The molecule has 13 heavy (non-hydrogen) atoms. The molecular weight excluding hydrogens is 176 g/mol. The molecule has 1 N–H and O–H groups in total. The second-order valence-electron chi connectivity index (χ2n) is 2.53. The van der Waals surface area contributed by atoms with Gasteiger partial charge in [-0.3, -0.25) is 0 Å². The lowest BCUT2D eigenvalue weighted by molar-refractivity contribution is -0.144. The van der Waals surface area contributed by atoms with E-state index < -0.39 is 12.7 Å². The van der Waals surface area contributed by atoms with Crippen LogP contribution in [0.2, 0.25) is 0 Å². The molecule has 0 saturated carbocycles. The van der Waals surface area contributed by atoms with Gasteiger partial charge in [-0.15, -0.1) is 0 Å². The molecular formula is C8H14O5. The van der Waals surface area contributed by atoms with Crippen molar-refractivity contribution in [2.24, 2.45) is 0 Å². The maximum Gasteiger partial charge on any atom is 0.337 e. The third kappa shape index (κ3) is 4.82. The van der Waals surface area contributed by atoms with Gasteiger partial charge < -0.3 is 19.3 Å². The Labute approximate surface area is 79.4 Å². The Morgan fingerprint density at radius 3 is 2.54 bits per heavy atom. The Morgan fingerprint density at radius 1 is 1.69 bits per heavy atom. The highest BCUT2D eigenvalue weighted by atomic mass is 16.6. The number of hydrogen-bond donors (Lipinski definition) is 1. The highest BCUT2D eigenvalue weighted by Gasteiger charge is 2.32. The van der Waals surface area contributed by atoms with Crippen LogP contribution in [-0.4, -0.2) is 49.7 Å². The number of rotatable bonds is 3. The van der Waals surface area contributed by atoms with Crippen molar-refractivity contribution >= 4 is 5.97 Å². The number of ether oxygens (including phenoxy) is 3. The second-order valence-corrected chi connectivity index (χ2v) is 2.53. The molecule has 2 aliphatic heterocycles. The Morgan fingerprint density at radius 2 is 2.31 bits per heavy atom. The maximum atomic E-state index is 10.5. The van der Waals surface area contributed by atoms with Crippen LogP contribution in [0.4, 0.5) is 0 Å². The molecule has 2 heterocycles. The first-order valence-corrected chi connectivity index (χ1v) is 4.07. The summed E-state index contributed by atoms with van der Waals surface area (Å²) in [6.07, 6.45) is -0.803. The van der Waals surface area contributed by atoms with Gasteiger partial charge in [0.05, 0.1) is 29.1 Å². The summed E-state index contributed by atoms with van der Waals surface area (Å²) in [5.41, 5.74) is 0. The van der Waals surface area contributed by atoms with E-state index in [1.54, 1.807) is 6.92 Å². The fourth-order valence-corrected chi connectivity index (χ4v) is 0.542. The fourth-order valence-electron chi connectivity index (χ4n) is 0.542. The van der Waals surface area contributed by atoms with E-state index in [9.17, 15) is 4.79 Å². The Hall–Kier alpha value is -0.650. The quantitative estimate of drug-likeness (QED) is 0.474. The van der Waals surface area contributed by atoms with Crippen LogP contribution in [0.5, 0.6) is 0 Å². The van der Waals surface area contributed by atoms with Gasteiger partial charge in [-0.1, -0.05) is 0 Å². The first kappa shape index (κ1) is 7.73. The SMILES string of the molecule is CCOC(=O)C1CO1.[2H]C([2H])(O)C1CO1. The molecule has 0 radical (unpaired) electrons. The van der Waals surface area contributed by atoms with Gasteiger partial charge in [0.2, 0.25) is 0 Å². The predicted molar refractivity (Wildman–Crippen MR) is 43.2 cm³/mol. The lowest BCUT2D eigenvalue weighted by Crippen LogP contribution is -2.10. The van der Waals surface area contributed by atoms with Gasteiger partial charge in [-0.25, -0.2) is 4.79 Å². The zero-order valence-electron chi connectivity index (χ0n) is 9.36. The van der Waals surface area contributed by atoms with Crippen molar-refractivity contribution in [3.05, 3.63) is 0 Å². The molecule has 2 unspecified atom stereocenters. The summed E-state index contributed by atoms with van der Waals surface area (Å²) in [7, 11) is 0. The minimum Gasteiger partial charge on any atom is -0.464 e. The van der Waals surface area contributed by atoms with Gasteiger partial charge in [0.25, 0.3) is 0 Å². The summed E-state index contributed by atoms with van der Waals surface area (Å²) < 4.78 is 26.8. The zero-order valence-corrected chi connectivity index (χ0v) is 7.36. The molecule has 2 fully saturated rings. The van der Waals surface area contributed by atoms with Crippen molar-refractivity contribution in [1.82, 2.24) is 0 Å². The number of carbonyl (C=O) groups excluding carboxylic acids is 1. The molecule has 0 bridgehead atoms. The summed E-state index contributed by atoms with van der Waals surface area (Å²) in [5.74, 6) is -0.229. The van der Waals surface area contributed by atoms with E-state index >= 15 is 0 Å². The zero-order chi connectivity index (χ0) is 11.5. The molecule has 0 aromatic rings. The van der Waals surface area contributed by atoms with Crippen molar-refractivity contribution in [3.8, 4) is 0 Å². The lowest BCUT2D eigenvalue weighted by atomic mass is 10.5. The molecule has 0 aliphatic carbocycles. The van der Waals surface area contributed by atoms with Gasteiger partial charge in [-0.2, -0.15) is 0 Å². The van der Waals surface area contributed by atoms with E-state index in [1.807, 2.05) is 0 Å². The van der Waals surface area contributed by atoms with E-state index in [2.05, 4.69) is 14.2 Å². The summed E-state index contributed by atoms with van der Waals surface area (Å²) >= 11 is 0. The van der Waals surface area contributed by atoms with Gasteiger partial charge >= 0.3 is 5.97 Å². The Bertz CT molecular complexity index is 220. The number of aliphatic hydroxyl groups is 1. The predicted octanol–water partition coefficient (Wildman–Crippen LogP) is -0.674. The maximum absolute atomic E-state index is 10.5. The standard InChI is InChI=1S/C5H8O3.C3H6O2/c1-2-7-5(6)4-3-8-4;4-1-3-2-5-3/h4H,2-3H2,1H3;3-4H,1-2H2/i;1D2. The fraction of sp³-hybridized carbons (Fsp3) is 0.875. The largest absolute Gasteiger partial charge is 0.464 e. The van der Waals surface area contributed by atoms with Crippen molar-refractivity contribution in [1.29, 1.82) is 0 Å². The van der Waals surface area contributed by atoms with Crippen LogP contribution in [0.3, 0.4) is 0 Å². The van der Waals surface area contributed by atoms with Crippen LogP contribution in [-0.2, 0) is 19.0 Å². The molecule has 2 aliphatic rings. The smallest absolute Gasteiger partial charge is 0.337 e. The highest BCUT2D eigenvalue weighted by Crippen LogP contribution is 2.09. The van der Waals surface area contributed by atoms with Crippen LogP contribution < -0.4 is 0 Å². The average molecular weight is 192 g/mol. The highest BCUT2D eigenvalue weighted by molar-refractivity contribution is 5.76. The first-order chi connectivity index (χ1) is 6.95. The summed E-state index contributed by atoms with van der Waals surface area (Å²) in [6.45, 7) is 1.00. The topological polar surface area (TPSA) is 71.6 Å². The Kier molecular flexibility index (Phi) is 3.07. The van der Waals surface area contributed by atoms with Crippen molar-refractivity contribution in [3.63, 3.8) is 0 Å².